The largest absolute Gasteiger partial charge is 0.273 e. The molecule has 0 fully saturated rings. The van der Waals surface area contributed by atoms with Crippen molar-refractivity contribution in [1.82, 2.24) is 15.6 Å². The molecule has 0 atom stereocenters. The Bertz CT molecular complexity index is 903. The van der Waals surface area contributed by atoms with Gasteiger partial charge < -0.3 is 0 Å². The molecule has 0 radical (unpaired) electrons. The lowest BCUT2D eigenvalue weighted by Gasteiger charge is -2.08. The van der Waals surface area contributed by atoms with Crippen LogP contribution >= 0.6 is 15.9 Å². The second kappa shape index (κ2) is 9.58. The molecule has 0 aliphatic rings. The van der Waals surface area contributed by atoms with Crippen molar-refractivity contribution in [2.45, 2.75) is 17.7 Å². The van der Waals surface area contributed by atoms with E-state index in [0.717, 1.165) is 28.7 Å². The van der Waals surface area contributed by atoms with Gasteiger partial charge in [-0.3, -0.25) is 20.4 Å². The van der Waals surface area contributed by atoms with E-state index < -0.39 is 27.7 Å². The fourth-order valence-electron chi connectivity index (χ4n) is 2.01. The molecule has 10 heteroatoms. The van der Waals surface area contributed by atoms with Gasteiger partial charge in [-0.1, -0.05) is 15.9 Å². The highest BCUT2D eigenvalue weighted by Crippen LogP contribution is 2.10. The summed E-state index contributed by atoms with van der Waals surface area (Å²) in [6.45, 7) is 0.0216. The van der Waals surface area contributed by atoms with Crippen molar-refractivity contribution in [2.24, 2.45) is 0 Å². The number of benzene rings is 2. The predicted molar refractivity (Wildman–Crippen MR) is 101 cm³/mol. The van der Waals surface area contributed by atoms with Crippen LogP contribution in [0.5, 0.6) is 0 Å². The van der Waals surface area contributed by atoms with Gasteiger partial charge in [-0.25, -0.2) is 17.5 Å². The van der Waals surface area contributed by atoms with E-state index in [4.69, 9.17) is 0 Å². The Morgan fingerprint density at radius 3 is 2.22 bits per heavy atom. The van der Waals surface area contributed by atoms with Crippen LogP contribution in [0.15, 0.2) is 57.9 Å². The first-order valence-corrected chi connectivity index (χ1v) is 10.2. The van der Waals surface area contributed by atoms with Crippen LogP contribution in [-0.4, -0.2) is 26.8 Å². The first-order chi connectivity index (χ1) is 12.8. The smallest absolute Gasteiger partial charge is 0.269 e. The molecule has 144 valence electrons. The molecule has 2 aromatic rings. The maximum Gasteiger partial charge on any atom is 0.269 e. The second-order valence-electron chi connectivity index (χ2n) is 5.46. The van der Waals surface area contributed by atoms with Crippen LogP contribution in [0.3, 0.4) is 0 Å². The van der Waals surface area contributed by atoms with Gasteiger partial charge in [-0.2, -0.15) is 0 Å². The van der Waals surface area contributed by atoms with Gasteiger partial charge in [0.25, 0.3) is 5.91 Å². The minimum Gasteiger partial charge on any atom is -0.273 e. The average Bonchev–Trinajstić information content (AvgIpc) is 2.64. The molecule has 0 aromatic heterocycles. The number of rotatable bonds is 7. The van der Waals surface area contributed by atoms with E-state index in [9.17, 15) is 22.4 Å². The van der Waals surface area contributed by atoms with E-state index in [1.165, 1.54) is 0 Å². The minimum atomic E-state index is -3.76. The number of carbonyl (C=O) groups excluding carboxylic acids is 2. The van der Waals surface area contributed by atoms with E-state index in [1.807, 2.05) is 0 Å². The molecule has 7 nitrogen and oxygen atoms in total. The fourth-order valence-corrected chi connectivity index (χ4v) is 3.35. The molecule has 0 saturated heterocycles. The normalized spacial score (nSPS) is 11.0. The van der Waals surface area contributed by atoms with Crippen LogP contribution in [0, 0.1) is 5.82 Å². The molecule has 3 N–H and O–H groups in total. The molecule has 0 heterocycles. The number of nitrogens with one attached hydrogen (secondary N) is 3. The SMILES string of the molecule is O=C(CCCNS(=O)(=O)c1ccc(F)cc1)NNC(=O)c1ccc(Br)cc1. The Labute approximate surface area is 164 Å². The third-order valence-corrected chi connectivity index (χ3v) is 5.42. The maximum absolute atomic E-state index is 12.8. The van der Waals surface area contributed by atoms with Crippen LogP contribution in [0.1, 0.15) is 23.2 Å². The van der Waals surface area contributed by atoms with Crippen LogP contribution in [0.2, 0.25) is 0 Å². The monoisotopic (exact) mass is 457 g/mol. The third-order valence-electron chi connectivity index (χ3n) is 3.42. The summed E-state index contributed by atoms with van der Waals surface area (Å²) in [4.78, 5) is 23.5. The first-order valence-electron chi connectivity index (χ1n) is 7.88. The number of sulfonamides is 1. The lowest BCUT2D eigenvalue weighted by atomic mass is 10.2. The molecular formula is C17H17BrFN3O4S. The molecule has 0 saturated carbocycles. The minimum absolute atomic E-state index is 0.00650. The van der Waals surface area contributed by atoms with Crippen molar-refractivity contribution in [2.75, 3.05) is 6.54 Å². The molecule has 0 aliphatic heterocycles. The number of amides is 2. The number of carbonyl (C=O) groups is 2. The first kappa shape index (κ1) is 21.0. The van der Waals surface area contributed by atoms with E-state index in [2.05, 4.69) is 31.5 Å². The Hall–Kier alpha value is -2.30. The van der Waals surface area contributed by atoms with Crippen LogP contribution in [-0.2, 0) is 14.8 Å². The van der Waals surface area contributed by atoms with E-state index in [0.29, 0.717) is 5.56 Å². The van der Waals surface area contributed by atoms with E-state index >= 15 is 0 Å². The summed E-state index contributed by atoms with van der Waals surface area (Å²) in [5.41, 5.74) is 4.92. The summed E-state index contributed by atoms with van der Waals surface area (Å²) in [5, 5.41) is 0. The molecule has 27 heavy (non-hydrogen) atoms. The zero-order valence-electron chi connectivity index (χ0n) is 14.0. The standard InChI is InChI=1S/C17H17BrFN3O4S/c18-13-5-3-12(4-6-13)17(24)22-21-16(23)2-1-11-20-27(25,26)15-9-7-14(19)8-10-15/h3-10,20H,1-2,11H2,(H,21,23)(H,22,24). The summed E-state index contributed by atoms with van der Waals surface area (Å²) in [6.07, 6.45) is 0.229. The van der Waals surface area contributed by atoms with Crippen molar-refractivity contribution in [3.8, 4) is 0 Å². The highest BCUT2D eigenvalue weighted by Gasteiger charge is 2.13. The molecule has 0 spiro atoms. The lowest BCUT2D eigenvalue weighted by molar-refractivity contribution is -0.121. The molecular weight excluding hydrogens is 441 g/mol. The molecule has 0 bridgehead atoms. The highest BCUT2D eigenvalue weighted by molar-refractivity contribution is 9.10. The fraction of sp³-hybridized carbons (Fsp3) is 0.176. The van der Waals surface area contributed by atoms with Gasteiger partial charge in [0.15, 0.2) is 0 Å². The van der Waals surface area contributed by atoms with Crippen LogP contribution in [0.4, 0.5) is 4.39 Å². The Morgan fingerprint density at radius 1 is 0.963 bits per heavy atom. The van der Waals surface area contributed by atoms with Crippen LogP contribution in [0.25, 0.3) is 0 Å². The van der Waals surface area contributed by atoms with Gasteiger partial charge in [0, 0.05) is 23.0 Å². The van der Waals surface area contributed by atoms with Gasteiger partial charge >= 0.3 is 0 Å². The van der Waals surface area contributed by atoms with Crippen molar-refractivity contribution in [3.05, 3.63) is 64.4 Å². The van der Waals surface area contributed by atoms with E-state index in [-0.39, 0.29) is 24.3 Å². The van der Waals surface area contributed by atoms with E-state index in [1.54, 1.807) is 24.3 Å². The summed E-state index contributed by atoms with van der Waals surface area (Å²) >= 11 is 3.26. The second-order valence-corrected chi connectivity index (χ2v) is 8.15. The summed E-state index contributed by atoms with van der Waals surface area (Å²) in [6, 6.07) is 11.0. The van der Waals surface area contributed by atoms with Gasteiger partial charge in [-0.05, 0) is 55.0 Å². The quantitative estimate of drug-likeness (QED) is 0.437. The third kappa shape index (κ3) is 6.74. The number of hydrazine groups is 1. The number of halogens is 2. The highest BCUT2D eigenvalue weighted by atomic mass is 79.9. The van der Waals surface area contributed by atoms with Gasteiger partial charge in [-0.15, -0.1) is 0 Å². The summed E-state index contributed by atoms with van der Waals surface area (Å²) < 4.78 is 40.0. The topological polar surface area (TPSA) is 104 Å². The van der Waals surface area contributed by atoms with Gasteiger partial charge in [0.2, 0.25) is 15.9 Å². The summed E-state index contributed by atoms with van der Waals surface area (Å²) in [5.74, 6) is -1.45. The van der Waals surface area contributed by atoms with Crippen molar-refractivity contribution in [1.29, 1.82) is 0 Å². The molecule has 2 rings (SSSR count). The zero-order chi connectivity index (χ0) is 19.9. The molecule has 0 aliphatic carbocycles. The molecule has 2 amide bonds. The number of hydrogen-bond donors (Lipinski definition) is 3. The Morgan fingerprint density at radius 2 is 1.59 bits per heavy atom. The van der Waals surface area contributed by atoms with Crippen LogP contribution < -0.4 is 15.6 Å². The van der Waals surface area contributed by atoms with Crippen molar-refractivity contribution < 1.29 is 22.4 Å². The zero-order valence-corrected chi connectivity index (χ0v) is 16.4. The lowest BCUT2D eigenvalue weighted by Crippen LogP contribution is -2.41. The Kier molecular flexibility index (Phi) is 7.45. The summed E-state index contributed by atoms with van der Waals surface area (Å²) in [7, 11) is -3.76. The number of hydrogen-bond acceptors (Lipinski definition) is 4. The molecule has 0 unspecified atom stereocenters. The maximum atomic E-state index is 12.8. The van der Waals surface area contributed by atoms with Crippen molar-refractivity contribution >= 4 is 37.8 Å². The van der Waals surface area contributed by atoms with Gasteiger partial charge in [0.05, 0.1) is 4.90 Å². The average molecular weight is 458 g/mol. The predicted octanol–water partition coefficient (Wildman–Crippen LogP) is 2.11. The van der Waals surface area contributed by atoms with Gasteiger partial charge in [0.1, 0.15) is 5.82 Å². The molecule has 2 aromatic carbocycles. The Balaban J connectivity index is 1.70. The van der Waals surface area contributed by atoms with Crippen molar-refractivity contribution in [3.63, 3.8) is 0 Å².